The van der Waals surface area contributed by atoms with Crippen molar-refractivity contribution in [3.63, 3.8) is 0 Å². The second-order valence-corrected chi connectivity index (χ2v) is 9.90. The van der Waals surface area contributed by atoms with Crippen LogP contribution in [0.2, 0.25) is 5.02 Å². The Bertz CT molecular complexity index is 1210. The summed E-state index contributed by atoms with van der Waals surface area (Å²) in [4.78, 5) is 13.0. The predicted molar refractivity (Wildman–Crippen MR) is 134 cm³/mol. The molecule has 180 valence electrons. The number of rotatable bonds is 10. The summed E-state index contributed by atoms with van der Waals surface area (Å²) in [6.45, 7) is 5.65. The number of hydrogen-bond acceptors (Lipinski definition) is 5. The molecule has 0 fully saturated rings. The van der Waals surface area contributed by atoms with E-state index in [9.17, 15) is 13.2 Å². The Balaban J connectivity index is 1.93. The first-order chi connectivity index (χ1) is 16.2. The lowest BCUT2D eigenvalue weighted by molar-refractivity contribution is -0.114. The number of sulfonamides is 1. The van der Waals surface area contributed by atoms with Gasteiger partial charge in [-0.25, -0.2) is 8.42 Å². The maximum Gasteiger partial charge on any atom is 0.264 e. The molecular formula is C25H27ClN2O5S. The molecule has 0 spiro atoms. The standard InChI is InChI=1S/C25H27ClN2O5S/c1-4-32-21-13-11-20(12-14-21)28(34(30,31)22-15-9-19(26)10-16-22)17-25(29)27-23-7-5-6-8-24(23)33-18(2)3/h5-16,18H,4,17H2,1-3H3,(H,27,29). The van der Waals surface area contributed by atoms with Crippen LogP contribution in [0, 0.1) is 0 Å². The fraction of sp³-hybridized carbons (Fsp3) is 0.240. The molecule has 0 aliphatic rings. The highest BCUT2D eigenvalue weighted by Crippen LogP contribution is 2.28. The molecule has 7 nitrogen and oxygen atoms in total. The van der Waals surface area contributed by atoms with Gasteiger partial charge in [0.05, 0.1) is 29.0 Å². The second kappa shape index (κ2) is 11.3. The Labute approximate surface area is 205 Å². The Morgan fingerprint density at radius 2 is 1.65 bits per heavy atom. The van der Waals surface area contributed by atoms with Gasteiger partial charge >= 0.3 is 0 Å². The van der Waals surface area contributed by atoms with Crippen LogP contribution >= 0.6 is 11.6 Å². The molecule has 3 aromatic rings. The SMILES string of the molecule is CCOc1ccc(N(CC(=O)Nc2ccccc2OC(C)C)S(=O)(=O)c2ccc(Cl)cc2)cc1. The molecule has 0 aliphatic carbocycles. The van der Waals surface area contributed by atoms with Crippen LogP contribution in [-0.2, 0) is 14.8 Å². The molecule has 0 unspecified atom stereocenters. The number of carbonyl (C=O) groups is 1. The molecule has 3 aromatic carbocycles. The van der Waals surface area contributed by atoms with Crippen LogP contribution < -0.4 is 19.1 Å². The molecule has 34 heavy (non-hydrogen) atoms. The number of benzene rings is 3. The number of ether oxygens (including phenoxy) is 2. The van der Waals surface area contributed by atoms with Gasteiger partial charge in [0, 0.05) is 5.02 Å². The van der Waals surface area contributed by atoms with Crippen molar-refractivity contribution in [2.24, 2.45) is 0 Å². The predicted octanol–water partition coefficient (Wildman–Crippen LogP) is 5.36. The molecule has 1 amide bonds. The van der Waals surface area contributed by atoms with Gasteiger partial charge in [-0.15, -0.1) is 0 Å². The maximum atomic E-state index is 13.5. The molecule has 0 saturated carbocycles. The fourth-order valence-corrected chi connectivity index (χ4v) is 4.72. The summed E-state index contributed by atoms with van der Waals surface area (Å²) >= 11 is 5.93. The molecule has 0 bridgehead atoms. The smallest absolute Gasteiger partial charge is 0.264 e. The summed E-state index contributed by atoms with van der Waals surface area (Å²) in [5, 5.41) is 3.17. The average Bonchev–Trinajstić information content (AvgIpc) is 2.79. The van der Waals surface area contributed by atoms with Crippen LogP contribution in [0.3, 0.4) is 0 Å². The quantitative estimate of drug-likeness (QED) is 0.403. The van der Waals surface area contributed by atoms with Crippen molar-refractivity contribution in [3.8, 4) is 11.5 Å². The van der Waals surface area contributed by atoms with Crippen molar-refractivity contribution < 1.29 is 22.7 Å². The monoisotopic (exact) mass is 502 g/mol. The van der Waals surface area contributed by atoms with E-state index in [2.05, 4.69) is 5.32 Å². The van der Waals surface area contributed by atoms with Crippen molar-refractivity contribution in [2.75, 3.05) is 22.8 Å². The van der Waals surface area contributed by atoms with Gasteiger partial charge < -0.3 is 14.8 Å². The number of hydrogen-bond donors (Lipinski definition) is 1. The highest BCUT2D eigenvalue weighted by Gasteiger charge is 2.27. The van der Waals surface area contributed by atoms with Crippen molar-refractivity contribution >= 4 is 38.9 Å². The van der Waals surface area contributed by atoms with E-state index in [1.165, 1.54) is 24.3 Å². The first-order valence-electron chi connectivity index (χ1n) is 10.8. The number of para-hydroxylation sites is 2. The van der Waals surface area contributed by atoms with Crippen molar-refractivity contribution in [1.82, 2.24) is 0 Å². The zero-order valence-corrected chi connectivity index (χ0v) is 20.8. The van der Waals surface area contributed by atoms with Gasteiger partial charge in [0.15, 0.2) is 0 Å². The largest absolute Gasteiger partial charge is 0.494 e. The molecule has 3 rings (SSSR count). The minimum atomic E-state index is -4.07. The van der Waals surface area contributed by atoms with E-state index >= 15 is 0 Å². The van der Waals surface area contributed by atoms with Crippen LogP contribution in [0.5, 0.6) is 11.5 Å². The van der Waals surface area contributed by atoms with Gasteiger partial charge in [-0.3, -0.25) is 9.10 Å². The molecule has 0 saturated heterocycles. The fourth-order valence-electron chi connectivity index (χ4n) is 3.17. The second-order valence-electron chi connectivity index (χ2n) is 7.60. The van der Waals surface area contributed by atoms with Crippen LogP contribution in [-0.4, -0.2) is 33.6 Å². The minimum absolute atomic E-state index is 0.0159. The van der Waals surface area contributed by atoms with Crippen molar-refractivity contribution in [2.45, 2.75) is 31.8 Å². The van der Waals surface area contributed by atoms with E-state index in [4.69, 9.17) is 21.1 Å². The number of nitrogens with one attached hydrogen (secondary N) is 1. The van der Waals surface area contributed by atoms with Crippen LogP contribution in [0.25, 0.3) is 0 Å². The number of amides is 1. The van der Waals surface area contributed by atoms with Gasteiger partial charge in [0.25, 0.3) is 10.0 Å². The summed E-state index contributed by atoms with van der Waals surface area (Å²) in [6.07, 6.45) is -0.0938. The molecule has 0 heterocycles. The van der Waals surface area contributed by atoms with Crippen LogP contribution in [0.15, 0.2) is 77.7 Å². The first kappa shape index (κ1) is 25.4. The van der Waals surface area contributed by atoms with Crippen molar-refractivity contribution in [3.05, 3.63) is 77.8 Å². The third kappa shape index (κ3) is 6.42. The van der Waals surface area contributed by atoms with E-state index in [1.54, 1.807) is 48.5 Å². The minimum Gasteiger partial charge on any atom is -0.494 e. The number of anilines is 2. The summed E-state index contributed by atoms with van der Waals surface area (Å²) in [7, 11) is -4.07. The third-order valence-corrected chi connectivity index (χ3v) is 6.69. The molecule has 9 heteroatoms. The first-order valence-corrected chi connectivity index (χ1v) is 12.6. The zero-order chi connectivity index (χ0) is 24.7. The highest BCUT2D eigenvalue weighted by molar-refractivity contribution is 7.92. The van der Waals surface area contributed by atoms with E-state index < -0.39 is 22.5 Å². The van der Waals surface area contributed by atoms with E-state index in [0.29, 0.717) is 34.5 Å². The Hall–Kier alpha value is -3.23. The lowest BCUT2D eigenvalue weighted by Crippen LogP contribution is -2.38. The molecule has 0 aromatic heterocycles. The molecular weight excluding hydrogens is 476 g/mol. The summed E-state index contributed by atoms with van der Waals surface area (Å²) in [5.74, 6) is 0.574. The topological polar surface area (TPSA) is 84.9 Å². The van der Waals surface area contributed by atoms with E-state index in [1.807, 2.05) is 20.8 Å². The van der Waals surface area contributed by atoms with E-state index in [0.717, 1.165) is 4.31 Å². The summed E-state index contributed by atoms with van der Waals surface area (Å²) < 4.78 is 39.3. The zero-order valence-electron chi connectivity index (χ0n) is 19.2. The van der Waals surface area contributed by atoms with Crippen LogP contribution in [0.1, 0.15) is 20.8 Å². The molecule has 0 atom stereocenters. The average molecular weight is 503 g/mol. The maximum absolute atomic E-state index is 13.5. The molecule has 0 aliphatic heterocycles. The van der Waals surface area contributed by atoms with Gasteiger partial charge in [0.2, 0.25) is 5.91 Å². The van der Waals surface area contributed by atoms with Crippen molar-refractivity contribution in [1.29, 1.82) is 0 Å². The number of halogens is 1. The summed E-state index contributed by atoms with van der Waals surface area (Å²) in [6, 6.07) is 19.3. The summed E-state index contributed by atoms with van der Waals surface area (Å²) in [5.41, 5.74) is 0.775. The Morgan fingerprint density at radius 1 is 1.00 bits per heavy atom. The Kier molecular flexibility index (Phi) is 8.41. The lowest BCUT2D eigenvalue weighted by Gasteiger charge is -2.24. The third-order valence-electron chi connectivity index (χ3n) is 4.65. The van der Waals surface area contributed by atoms with Gasteiger partial charge in [-0.2, -0.15) is 0 Å². The number of carbonyl (C=O) groups excluding carboxylic acids is 1. The Morgan fingerprint density at radius 3 is 2.26 bits per heavy atom. The number of nitrogens with zero attached hydrogens (tertiary/aromatic N) is 1. The molecule has 1 N–H and O–H groups in total. The highest BCUT2D eigenvalue weighted by atomic mass is 35.5. The van der Waals surface area contributed by atoms with Gasteiger partial charge in [-0.05, 0) is 81.4 Å². The normalized spacial score (nSPS) is 11.2. The van der Waals surface area contributed by atoms with Crippen LogP contribution in [0.4, 0.5) is 11.4 Å². The van der Waals surface area contributed by atoms with Gasteiger partial charge in [-0.1, -0.05) is 23.7 Å². The van der Waals surface area contributed by atoms with Gasteiger partial charge in [0.1, 0.15) is 18.0 Å². The van der Waals surface area contributed by atoms with E-state index in [-0.39, 0.29) is 11.0 Å². The molecule has 0 radical (unpaired) electrons. The lowest BCUT2D eigenvalue weighted by atomic mass is 10.2.